The molecule has 7 heteroatoms. The van der Waals surface area contributed by atoms with Crippen molar-refractivity contribution in [3.05, 3.63) is 46.4 Å². The fourth-order valence-corrected chi connectivity index (χ4v) is 2.99. The average Bonchev–Trinajstić information content (AvgIpc) is 2.43. The molecule has 2 aromatic carbocycles. The van der Waals surface area contributed by atoms with Crippen molar-refractivity contribution in [1.82, 2.24) is 4.72 Å². The van der Waals surface area contributed by atoms with Gasteiger partial charge < -0.3 is 10.5 Å². The van der Waals surface area contributed by atoms with Crippen LogP contribution in [0.5, 0.6) is 11.5 Å². The van der Waals surface area contributed by atoms with Crippen molar-refractivity contribution in [3.63, 3.8) is 0 Å². The van der Waals surface area contributed by atoms with Gasteiger partial charge in [-0.3, -0.25) is 0 Å². The van der Waals surface area contributed by atoms with Gasteiger partial charge in [-0.05, 0) is 55.9 Å². The van der Waals surface area contributed by atoms with Crippen LogP contribution in [0.4, 0.5) is 5.69 Å². The molecule has 0 atom stereocenters. The van der Waals surface area contributed by atoms with E-state index in [0.717, 1.165) is 10.0 Å². The number of nitrogen functional groups attached to an aromatic ring is 1. The first-order valence-corrected chi connectivity index (χ1v) is 8.38. The Bertz CT molecular complexity index is 776. The summed E-state index contributed by atoms with van der Waals surface area (Å²) >= 11 is 3.38. The van der Waals surface area contributed by atoms with Crippen molar-refractivity contribution in [1.29, 1.82) is 0 Å². The maximum Gasteiger partial charge on any atom is 0.240 e. The second-order valence-corrected chi connectivity index (χ2v) is 7.22. The molecule has 0 fully saturated rings. The van der Waals surface area contributed by atoms with E-state index in [2.05, 4.69) is 20.7 Å². The van der Waals surface area contributed by atoms with Crippen LogP contribution in [0.1, 0.15) is 5.56 Å². The van der Waals surface area contributed by atoms with Crippen molar-refractivity contribution in [2.24, 2.45) is 0 Å². The molecule has 0 unspecified atom stereocenters. The van der Waals surface area contributed by atoms with Gasteiger partial charge in [-0.1, -0.05) is 15.9 Å². The summed E-state index contributed by atoms with van der Waals surface area (Å²) in [6.45, 7) is 1.91. The molecule has 0 radical (unpaired) electrons. The molecule has 2 aromatic rings. The number of benzene rings is 2. The van der Waals surface area contributed by atoms with Gasteiger partial charge in [-0.25, -0.2) is 13.1 Å². The van der Waals surface area contributed by atoms with E-state index in [4.69, 9.17) is 10.5 Å². The predicted octanol–water partition coefficient (Wildman–Crippen LogP) is 3.04. The monoisotopic (exact) mass is 370 g/mol. The third kappa shape index (κ3) is 3.55. The molecule has 112 valence electrons. The van der Waals surface area contributed by atoms with Crippen LogP contribution in [-0.2, 0) is 10.0 Å². The van der Waals surface area contributed by atoms with Gasteiger partial charge in [0, 0.05) is 4.47 Å². The molecule has 0 spiro atoms. The number of nitrogens with one attached hydrogen (secondary N) is 1. The standard InChI is InChI=1S/C14H15BrN2O3S/c1-9-7-10(15)3-5-13(9)20-14-6-4-11(8-12(14)16)21(18,19)17-2/h3-8,17H,16H2,1-2H3. The quantitative estimate of drug-likeness (QED) is 0.810. The fourth-order valence-electron chi connectivity index (χ4n) is 1.75. The van der Waals surface area contributed by atoms with Crippen LogP contribution < -0.4 is 15.2 Å². The molecule has 0 aliphatic carbocycles. The van der Waals surface area contributed by atoms with E-state index in [0.29, 0.717) is 11.5 Å². The lowest BCUT2D eigenvalue weighted by Gasteiger charge is -2.12. The molecule has 3 N–H and O–H groups in total. The summed E-state index contributed by atoms with van der Waals surface area (Å²) in [7, 11) is -2.17. The molecule has 0 aromatic heterocycles. The van der Waals surface area contributed by atoms with E-state index in [1.165, 1.54) is 19.2 Å². The molecule has 0 saturated carbocycles. The number of sulfonamides is 1. The van der Waals surface area contributed by atoms with Gasteiger partial charge in [-0.2, -0.15) is 0 Å². The van der Waals surface area contributed by atoms with Gasteiger partial charge in [0.1, 0.15) is 11.5 Å². The van der Waals surface area contributed by atoms with E-state index in [9.17, 15) is 8.42 Å². The zero-order valence-electron chi connectivity index (χ0n) is 11.6. The van der Waals surface area contributed by atoms with Gasteiger partial charge in [0.25, 0.3) is 0 Å². The second kappa shape index (κ2) is 6.05. The van der Waals surface area contributed by atoms with Gasteiger partial charge in [-0.15, -0.1) is 0 Å². The van der Waals surface area contributed by atoms with Crippen LogP contribution in [0.25, 0.3) is 0 Å². The first-order valence-electron chi connectivity index (χ1n) is 6.10. The Labute approximate surface area is 132 Å². The molecule has 0 amide bonds. The number of hydrogen-bond acceptors (Lipinski definition) is 4. The largest absolute Gasteiger partial charge is 0.455 e. The smallest absolute Gasteiger partial charge is 0.240 e. The summed E-state index contributed by atoms with van der Waals surface area (Å²) in [6, 6.07) is 9.96. The third-order valence-corrected chi connectivity index (χ3v) is 4.82. The first-order chi connectivity index (χ1) is 9.83. The van der Waals surface area contributed by atoms with Crippen LogP contribution in [0.3, 0.4) is 0 Å². The Morgan fingerprint density at radius 3 is 2.38 bits per heavy atom. The van der Waals surface area contributed by atoms with Crippen LogP contribution in [0, 0.1) is 6.92 Å². The summed E-state index contributed by atoms with van der Waals surface area (Å²) in [5.41, 5.74) is 7.07. The lowest BCUT2D eigenvalue weighted by molar-refractivity contribution is 0.480. The normalized spacial score (nSPS) is 11.4. The summed E-state index contributed by atoms with van der Waals surface area (Å²) in [4.78, 5) is 0.0994. The Morgan fingerprint density at radius 2 is 1.81 bits per heavy atom. The van der Waals surface area contributed by atoms with E-state index >= 15 is 0 Å². The van der Waals surface area contributed by atoms with E-state index in [1.807, 2.05) is 25.1 Å². The topological polar surface area (TPSA) is 81.4 Å². The Balaban J connectivity index is 2.34. The number of anilines is 1. The number of nitrogens with two attached hydrogens (primary N) is 1. The zero-order valence-corrected chi connectivity index (χ0v) is 14.0. The Hall–Kier alpha value is -1.57. The van der Waals surface area contributed by atoms with Gasteiger partial charge in [0.05, 0.1) is 10.6 Å². The minimum atomic E-state index is -3.52. The number of rotatable bonds is 4. The van der Waals surface area contributed by atoms with Crippen molar-refractivity contribution < 1.29 is 13.2 Å². The third-order valence-electron chi connectivity index (χ3n) is 2.92. The second-order valence-electron chi connectivity index (χ2n) is 4.42. The lowest BCUT2D eigenvalue weighted by Crippen LogP contribution is -2.18. The molecular formula is C14H15BrN2O3S. The van der Waals surface area contributed by atoms with Crippen LogP contribution in [0.15, 0.2) is 45.8 Å². The highest BCUT2D eigenvalue weighted by Gasteiger charge is 2.14. The van der Waals surface area contributed by atoms with Gasteiger partial charge in [0.15, 0.2) is 0 Å². The predicted molar refractivity (Wildman–Crippen MR) is 86.1 cm³/mol. The van der Waals surface area contributed by atoms with Gasteiger partial charge in [0.2, 0.25) is 10.0 Å². The van der Waals surface area contributed by atoms with E-state index in [1.54, 1.807) is 6.07 Å². The number of hydrogen-bond donors (Lipinski definition) is 2. The Kier molecular flexibility index (Phi) is 4.55. The molecule has 21 heavy (non-hydrogen) atoms. The van der Waals surface area contributed by atoms with Crippen LogP contribution in [-0.4, -0.2) is 15.5 Å². The van der Waals surface area contributed by atoms with Crippen molar-refractivity contribution >= 4 is 31.6 Å². The molecule has 0 aliphatic rings. The summed E-state index contributed by atoms with van der Waals surface area (Å²) in [5.74, 6) is 1.07. The Morgan fingerprint density at radius 1 is 1.14 bits per heavy atom. The van der Waals surface area contributed by atoms with Crippen LogP contribution >= 0.6 is 15.9 Å². The van der Waals surface area contributed by atoms with Crippen molar-refractivity contribution in [2.75, 3.05) is 12.8 Å². The van der Waals surface area contributed by atoms with Gasteiger partial charge >= 0.3 is 0 Å². The maximum atomic E-state index is 11.7. The average molecular weight is 371 g/mol. The lowest BCUT2D eigenvalue weighted by atomic mass is 10.2. The summed E-state index contributed by atoms with van der Waals surface area (Å²) in [6.07, 6.45) is 0. The number of ether oxygens (including phenoxy) is 1. The summed E-state index contributed by atoms with van der Waals surface area (Å²) in [5, 5.41) is 0. The van der Waals surface area contributed by atoms with E-state index < -0.39 is 10.0 Å². The number of halogens is 1. The van der Waals surface area contributed by atoms with Crippen molar-refractivity contribution in [2.45, 2.75) is 11.8 Å². The highest BCUT2D eigenvalue weighted by atomic mass is 79.9. The first kappa shape index (κ1) is 15.8. The molecule has 0 heterocycles. The molecular weight excluding hydrogens is 356 g/mol. The molecule has 5 nitrogen and oxygen atoms in total. The zero-order chi connectivity index (χ0) is 15.6. The molecule has 2 rings (SSSR count). The minimum absolute atomic E-state index is 0.0994. The minimum Gasteiger partial charge on any atom is -0.455 e. The highest BCUT2D eigenvalue weighted by molar-refractivity contribution is 9.10. The fraction of sp³-hybridized carbons (Fsp3) is 0.143. The molecule has 0 aliphatic heterocycles. The molecule has 0 saturated heterocycles. The highest BCUT2D eigenvalue weighted by Crippen LogP contribution is 2.32. The summed E-state index contributed by atoms with van der Waals surface area (Å²) < 4.78 is 32.3. The molecule has 0 bridgehead atoms. The van der Waals surface area contributed by atoms with Crippen molar-refractivity contribution in [3.8, 4) is 11.5 Å². The SMILES string of the molecule is CNS(=O)(=O)c1ccc(Oc2ccc(Br)cc2C)c(N)c1. The van der Waals surface area contributed by atoms with Crippen LogP contribution in [0.2, 0.25) is 0 Å². The maximum absolute atomic E-state index is 11.7. The van der Waals surface area contributed by atoms with E-state index in [-0.39, 0.29) is 10.6 Å². The number of aryl methyl sites for hydroxylation is 1.